The van der Waals surface area contributed by atoms with Crippen molar-refractivity contribution in [1.29, 1.82) is 0 Å². The molecule has 3 heteroatoms. The van der Waals surface area contributed by atoms with Gasteiger partial charge in [-0.1, -0.05) is 24.3 Å². The van der Waals surface area contributed by atoms with Crippen molar-refractivity contribution in [2.24, 2.45) is 0 Å². The van der Waals surface area contributed by atoms with E-state index in [1.165, 1.54) is 0 Å². The molecule has 2 aromatic rings. The molecule has 0 saturated heterocycles. The highest BCUT2D eigenvalue weighted by molar-refractivity contribution is 5.78. The zero-order chi connectivity index (χ0) is 13.0. The van der Waals surface area contributed by atoms with Crippen molar-refractivity contribution >= 4 is 17.1 Å². The second-order valence-corrected chi connectivity index (χ2v) is 4.02. The number of hydrogen-bond donors (Lipinski definition) is 1. The minimum Gasteiger partial charge on any atom is -0.492 e. The van der Waals surface area contributed by atoms with Crippen molar-refractivity contribution in [3.8, 4) is 5.75 Å². The van der Waals surface area contributed by atoms with E-state index < -0.39 is 0 Å². The van der Waals surface area contributed by atoms with Crippen LogP contribution in [0.4, 0.5) is 17.1 Å². The summed E-state index contributed by atoms with van der Waals surface area (Å²) in [6.45, 7) is 2.57. The van der Waals surface area contributed by atoms with Gasteiger partial charge in [-0.05, 0) is 31.2 Å². The molecule has 0 radical (unpaired) electrons. The van der Waals surface area contributed by atoms with Gasteiger partial charge in [0.15, 0.2) is 0 Å². The molecule has 0 bridgehead atoms. The molecule has 0 spiro atoms. The van der Waals surface area contributed by atoms with E-state index in [0.717, 1.165) is 17.1 Å². The third-order valence-corrected chi connectivity index (χ3v) is 2.85. The van der Waals surface area contributed by atoms with Gasteiger partial charge in [-0.2, -0.15) is 0 Å². The molecule has 0 heterocycles. The van der Waals surface area contributed by atoms with Gasteiger partial charge in [-0.25, -0.2) is 0 Å². The van der Waals surface area contributed by atoms with E-state index in [1.54, 1.807) is 0 Å². The molecule has 0 amide bonds. The molecule has 0 aromatic heterocycles. The van der Waals surface area contributed by atoms with E-state index in [2.05, 4.69) is 4.90 Å². The Morgan fingerprint density at radius 1 is 1.06 bits per heavy atom. The van der Waals surface area contributed by atoms with E-state index in [4.69, 9.17) is 10.5 Å². The molecule has 18 heavy (non-hydrogen) atoms. The van der Waals surface area contributed by atoms with Gasteiger partial charge in [0.2, 0.25) is 0 Å². The summed E-state index contributed by atoms with van der Waals surface area (Å²) < 4.78 is 5.51. The lowest BCUT2D eigenvalue weighted by Gasteiger charge is -2.22. The van der Waals surface area contributed by atoms with Crippen LogP contribution >= 0.6 is 0 Å². The van der Waals surface area contributed by atoms with Crippen LogP contribution in [0.2, 0.25) is 0 Å². The summed E-state index contributed by atoms with van der Waals surface area (Å²) in [4.78, 5) is 2.05. The Bertz CT molecular complexity index is 511. The van der Waals surface area contributed by atoms with E-state index in [9.17, 15) is 0 Å². The van der Waals surface area contributed by atoms with Crippen molar-refractivity contribution in [2.45, 2.75) is 6.92 Å². The Kier molecular flexibility index (Phi) is 3.72. The van der Waals surface area contributed by atoms with Gasteiger partial charge in [-0.15, -0.1) is 0 Å². The van der Waals surface area contributed by atoms with Crippen LogP contribution in [0, 0.1) is 0 Å². The first-order valence-electron chi connectivity index (χ1n) is 6.04. The maximum absolute atomic E-state index is 6.14. The molecule has 2 rings (SSSR count). The molecule has 0 atom stereocenters. The van der Waals surface area contributed by atoms with Crippen LogP contribution in [-0.4, -0.2) is 13.7 Å². The summed E-state index contributed by atoms with van der Waals surface area (Å²) in [5.41, 5.74) is 8.86. The number of nitrogens with zero attached hydrogens (tertiary/aromatic N) is 1. The molecule has 3 nitrogen and oxygen atoms in total. The molecule has 0 saturated carbocycles. The first-order chi connectivity index (χ1) is 8.74. The van der Waals surface area contributed by atoms with Crippen molar-refractivity contribution in [1.82, 2.24) is 0 Å². The molecule has 0 unspecified atom stereocenters. The zero-order valence-electron chi connectivity index (χ0n) is 10.8. The number of nitrogens with two attached hydrogens (primary N) is 1. The van der Waals surface area contributed by atoms with Crippen LogP contribution in [-0.2, 0) is 0 Å². The predicted octanol–water partition coefficient (Wildman–Crippen LogP) is 3.44. The van der Waals surface area contributed by atoms with E-state index in [-0.39, 0.29) is 0 Å². The number of anilines is 3. The maximum Gasteiger partial charge on any atom is 0.144 e. The monoisotopic (exact) mass is 242 g/mol. The van der Waals surface area contributed by atoms with E-state index in [1.807, 2.05) is 62.5 Å². The Morgan fingerprint density at radius 2 is 1.78 bits per heavy atom. The van der Waals surface area contributed by atoms with Crippen molar-refractivity contribution < 1.29 is 4.74 Å². The summed E-state index contributed by atoms with van der Waals surface area (Å²) >= 11 is 0. The Morgan fingerprint density at radius 3 is 2.44 bits per heavy atom. The van der Waals surface area contributed by atoms with Crippen LogP contribution in [0.25, 0.3) is 0 Å². The molecule has 2 aromatic carbocycles. The molecular weight excluding hydrogens is 224 g/mol. The van der Waals surface area contributed by atoms with Gasteiger partial charge in [0.25, 0.3) is 0 Å². The third kappa shape index (κ3) is 2.40. The molecule has 0 fully saturated rings. The number of benzene rings is 2. The van der Waals surface area contributed by atoms with Crippen LogP contribution in [0.3, 0.4) is 0 Å². The van der Waals surface area contributed by atoms with E-state index >= 15 is 0 Å². The fourth-order valence-corrected chi connectivity index (χ4v) is 1.90. The second kappa shape index (κ2) is 5.45. The highest BCUT2D eigenvalue weighted by atomic mass is 16.5. The summed E-state index contributed by atoms with van der Waals surface area (Å²) in [5.74, 6) is 0.734. The molecule has 0 aliphatic carbocycles. The molecule has 94 valence electrons. The van der Waals surface area contributed by atoms with E-state index in [0.29, 0.717) is 12.3 Å². The van der Waals surface area contributed by atoms with Crippen LogP contribution < -0.4 is 15.4 Å². The average Bonchev–Trinajstić information content (AvgIpc) is 2.42. The summed E-state index contributed by atoms with van der Waals surface area (Å²) in [5, 5.41) is 0. The van der Waals surface area contributed by atoms with Gasteiger partial charge >= 0.3 is 0 Å². The van der Waals surface area contributed by atoms with Crippen LogP contribution in [0.5, 0.6) is 5.75 Å². The molecular formula is C15H18N2O. The predicted molar refractivity (Wildman–Crippen MR) is 76.5 cm³/mol. The smallest absolute Gasteiger partial charge is 0.144 e. The average molecular weight is 242 g/mol. The summed E-state index contributed by atoms with van der Waals surface area (Å²) in [7, 11) is 2.00. The number of para-hydroxylation sites is 2. The highest BCUT2D eigenvalue weighted by Crippen LogP contribution is 2.34. The lowest BCUT2D eigenvalue weighted by Crippen LogP contribution is -2.12. The molecule has 0 aliphatic rings. The Hall–Kier alpha value is -2.16. The summed E-state index contributed by atoms with van der Waals surface area (Å²) in [6, 6.07) is 15.9. The summed E-state index contributed by atoms with van der Waals surface area (Å²) in [6.07, 6.45) is 0. The van der Waals surface area contributed by atoms with Gasteiger partial charge in [-0.3, -0.25) is 0 Å². The Labute approximate surface area is 108 Å². The van der Waals surface area contributed by atoms with Gasteiger partial charge < -0.3 is 15.4 Å². The number of hydrogen-bond acceptors (Lipinski definition) is 3. The molecule has 2 N–H and O–H groups in total. The van der Waals surface area contributed by atoms with Crippen LogP contribution in [0.1, 0.15) is 6.92 Å². The fraction of sp³-hybridized carbons (Fsp3) is 0.200. The molecule has 0 aliphatic heterocycles. The highest BCUT2D eigenvalue weighted by Gasteiger charge is 2.10. The van der Waals surface area contributed by atoms with Crippen molar-refractivity contribution in [3.63, 3.8) is 0 Å². The maximum atomic E-state index is 6.14. The topological polar surface area (TPSA) is 38.5 Å². The first-order valence-corrected chi connectivity index (χ1v) is 6.04. The van der Waals surface area contributed by atoms with Crippen molar-refractivity contribution in [2.75, 3.05) is 24.3 Å². The second-order valence-electron chi connectivity index (χ2n) is 4.02. The minimum absolute atomic E-state index is 0.614. The fourth-order valence-electron chi connectivity index (χ4n) is 1.90. The van der Waals surface area contributed by atoms with Crippen LogP contribution in [0.15, 0.2) is 48.5 Å². The lowest BCUT2D eigenvalue weighted by molar-refractivity contribution is 0.342. The lowest BCUT2D eigenvalue weighted by atomic mass is 10.2. The largest absolute Gasteiger partial charge is 0.492 e. The Balaban J connectivity index is 2.36. The van der Waals surface area contributed by atoms with Gasteiger partial charge in [0, 0.05) is 12.7 Å². The SMILES string of the molecule is CCOc1cccc(N(C)c2ccccc2)c1N. The third-order valence-electron chi connectivity index (χ3n) is 2.85. The quantitative estimate of drug-likeness (QED) is 0.835. The van der Waals surface area contributed by atoms with Gasteiger partial charge in [0.05, 0.1) is 18.0 Å². The minimum atomic E-state index is 0.614. The van der Waals surface area contributed by atoms with Crippen molar-refractivity contribution in [3.05, 3.63) is 48.5 Å². The number of rotatable bonds is 4. The zero-order valence-corrected chi connectivity index (χ0v) is 10.8. The standard InChI is InChI=1S/C15H18N2O/c1-3-18-14-11-7-10-13(15(14)16)17(2)12-8-5-4-6-9-12/h4-11H,3,16H2,1-2H3. The number of nitrogen functional groups attached to an aromatic ring is 1. The normalized spacial score (nSPS) is 10.1. The number of ether oxygens (including phenoxy) is 1. The first kappa shape index (κ1) is 12.3. The van der Waals surface area contributed by atoms with Gasteiger partial charge in [0.1, 0.15) is 5.75 Å².